The molecule has 0 unspecified atom stereocenters. The number of nitrogens with zero attached hydrogens (tertiary/aromatic N) is 2. The minimum atomic E-state index is -4.68. The SMILES string of the molecule is Cc1noc(Cc2ccc(OC(F)(F)F)cc2)n1. The summed E-state index contributed by atoms with van der Waals surface area (Å²) in [5, 5.41) is 3.62. The maximum atomic E-state index is 11.9. The molecule has 7 heteroatoms. The zero-order chi connectivity index (χ0) is 13.2. The zero-order valence-electron chi connectivity index (χ0n) is 9.36. The summed E-state index contributed by atoms with van der Waals surface area (Å²) < 4.78 is 44.5. The first-order valence-corrected chi connectivity index (χ1v) is 5.06. The van der Waals surface area contributed by atoms with Gasteiger partial charge in [-0.05, 0) is 24.6 Å². The number of hydrogen-bond acceptors (Lipinski definition) is 4. The normalized spacial score (nSPS) is 11.6. The number of aryl methyl sites for hydroxylation is 1. The van der Waals surface area contributed by atoms with Crippen molar-refractivity contribution in [2.45, 2.75) is 19.7 Å². The number of halogens is 3. The monoisotopic (exact) mass is 258 g/mol. The molecule has 0 aliphatic rings. The molecule has 4 nitrogen and oxygen atoms in total. The molecule has 18 heavy (non-hydrogen) atoms. The van der Waals surface area contributed by atoms with Gasteiger partial charge in [-0.3, -0.25) is 0 Å². The highest BCUT2D eigenvalue weighted by Gasteiger charge is 2.30. The Bertz CT molecular complexity index is 520. The van der Waals surface area contributed by atoms with Crippen molar-refractivity contribution in [2.24, 2.45) is 0 Å². The Morgan fingerprint density at radius 1 is 1.22 bits per heavy atom. The average molecular weight is 258 g/mol. The molecule has 0 aliphatic heterocycles. The van der Waals surface area contributed by atoms with E-state index in [2.05, 4.69) is 14.9 Å². The summed E-state index contributed by atoms with van der Waals surface area (Å²) >= 11 is 0. The molecule has 1 aromatic heterocycles. The van der Waals surface area contributed by atoms with Crippen molar-refractivity contribution < 1.29 is 22.4 Å². The maximum absolute atomic E-state index is 11.9. The molecule has 0 atom stereocenters. The van der Waals surface area contributed by atoms with Gasteiger partial charge in [0.2, 0.25) is 5.89 Å². The third-order valence-electron chi connectivity index (χ3n) is 2.08. The van der Waals surface area contributed by atoms with Crippen molar-refractivity contribution in [3.05, 3.63) is 41.5 Å². The van der Waals surface area contributed by atoms with Crippen LogP contribution in [0.4, 0.5) is 13.2 Å². The van der Waals surface area contributed by atoms with Crippen LogP contribution in [0.2, 0.25) is 0 Å². The first-order valence-electron chi connectivity index (χ1n) is 5.06. The van der Waals surface area contributed by atoms with Gasteiger partial charge in [0.1, 0.15) is 5.75 Å². The molecule has 0 bridgehead atoms. The van der Waals surface area contributed by atoms with Gasteiger partial charge in [0.05, 0.1) is 6.42 Å². The van der Waals surface area contributed by atoms with Crippen LogP contribution in [0.3, 0.4) is 0 Å². The lowest BCUT2D eigenvalue weighted by molar-refractivity contribution is -0.274. The van der Waals surface area contributed by atoms with E-state index in [4.69, 9.17) is 4.52 Å². The van der Waals surface area contributed by atoms with Gasteiger partial charge in [-0.25, -0.2) is 0 Å². The van der Waals surface area contributed by atoms with E-state index < -0.39 is 6.36 Å². The maximum Gasteiger partial charge on any atom is 0.573 e. The number of benzene rings is 1. The molecular weight excluding hydrogens is 249 g/mol. The minimum Gasteiger partial charge on any atom is -0.406 e. The third-order valence-corrected chi connectivity index (χ3v) is 2.08. The number of alkyl halides is 3. The summed E-state index contributed by atoms with van der Waals surface area (Å²) in [6.45, 7) is 1.69. The predicted octanol–water partition coefficient (Wildman–Crippen LogP) is 2.87. The van der Waals surface area contributed by atoms with Crippen LogP contribution in [-0.2, 0) is 6.42 Å². The molecule has 0 spiro atoms. The van der Waals surface area contributed by atoms with E-state index in [1.807, 2.05) is 0 Å². The van der Waals surface area contributed by atoms with Gasteiger partial charge in [0.25, 0.3) is 0 Å². The Balaban J connectivity index is 2.04. The van der Waals surface area contributed by atoms with Crippen molar-refractivity contribution in [3.8, 4) is 5.75 Å². The van der Waals surface area contributed by atoms with Gasteiger partial charge >= 0.3 is 6.36 Å². The molecule has 0 saturated heterocycles. The lowest BCUT2D eigenvalue weighted by Crippen LogP contribution is -2.17. The molecule has 0 fully saturated rings. The molecule has 96 valence electrons. The molecule has 2 aromatic rings. The van der Waals surface area contributed by atoms with Gasteiger partial charge < -0.3 is 9.26 Å². The summed E-state index contributed by atoms with van der Waals surface area (Å²) in [6.07, 6.45) is -4.31. The smallest absolute Gasteiger partial charge is 0.406 e. The lowest BCUT2D eigenvalue weighted by Gasteiger charge is -2.08. The molecule has 0 amide bonds. The van der Waals surface area contributed by atoms with Crippen LogP contribution in [-0.4, -0.2) is 16.5 Å². The first kappa shape index (κ1) is 12.4. The summed E-state index contributed by atoms with van der Waals surface area (Å²) in [6, 6.07) is 5.51. The van der Waals surface area contributed by atoms with Gasteiger partial charge in [-0.15, -0.1) is 13.2 Å². The highest BCUT2D eigenvalue weighted by Crippen LogP contribution is 2.23. The van der Waals surface area contributed by atoms with Crippen LogP contribution < -0.4 is 4.74 Å². The van der Waals surface area contributed by atoms with E-state index >= 15 is 0 Å². The Hall–Kier alpha value is -2.05. The fourth-order valence-corrected chi connectivity index (χ4v) is 1.40. The van der Waals surface area contributed by atoms with Crippen LogP contribution in [0.1, 0.15) is 17.3 Å². The fraction of sp³-hybridized carbons (Fsp3) is 0.273. The molecular formula is C11H9F3N2O2. The molecule has 0 aliphatic carbocycles. The third kappa shape index (κ3) is 3.47. The predicted molar refractivity (Wildman–Crippen MR) is 55.0 cm³/mol. The summed E-state index contributed by atoms with van der Waals surface area (Å²) in [5.41, 5.74) is 0.758. The summed E-state index contributed by atoms with van der Waals surface area (Å²) in [5.74, 6) is 0.673. The van der Waals surface area contributed by atoms with E-state index in [9.17, 15) is 13.2 Å². The van der Waals surface area contributed by atoms with E-state index in [1.54, 1.807) is 6.92 Å². The van der Waals surface area contributed by atoms with Crippen molar-refractivity contribution in [1.29, 1.82) is 0 Å². The summed E-state index contributed by atoms with van der Waals surface area (Å²) in [4.78, 5) is 4.00. The van der Waals surface area contributed by atoms with E-state index in [0.717, 1.165) is 5.56 Å². The Morgan fingerprint density at radius 3 is 2.39 bits per heavy atom. The quantitative estimate of drug-likeness (QED) is 0.849. The second-order valence-corrected chi connectivity index (χ2v) is 3.60. The number of rotatable bonds is 3. The molecule has 1 aromatic carbocycles. The van der Waals surface area contributed by atoms with E-state index in [-0.39, 0.29) is 5.75 Å². The number of hydrogen-bond donors (Lipinski definition) is 0. The second-order valence-electron chi connectivity index (χ2n) is 3.60. The van der Waals surface area contributed by atoms with Crippen LogP contribution in [0.25, 0.3) is 0 Å². The Labute approximate surface area is 100 Å². The largest absolute Gasteiger partial charge is 0.573 e. The molecule has 0 saturated carbocycles. The van der Waals surface area contributed by atoms with Crippen molar-refractivity contribution in [1.82, 2.24) is 10.1 Å². The Morgan fingerprint density at radius 2 is 1.89 bits per heavy atom. The lowest BCUT2D eigenvalue weighted by atomic mass is 10.1. The van der Waals surface area contributed by atoms with Crippen molar-refractivity contribution in [3.63, 3.8) is 0 Å². The second kappa shape index (κ2) is 4.67. The van der Waals surface area contributed by atoms with Crippen molar-refractivity contribution >= 4 is 0 Å². The number of ether oxygens (including phenoxy) is 1. The fourth-order valence-electron chi connectivity index (χ4n) is 1.40. The van der Waals surface area contributed by atoms with Crippen LogP contribution in [0.5, 0.6) is 5.75 Å². The average Bonchev–Trinajstić information content (AvgIpc) is 2.65. The standard InChI is InChI=1S/C11H9F3N2O2/c1-7-15-10(18-16-7)6-8-2-4-9(5-3-8)17-11(12,13)14/h2-5H,6H2,1H3. The van der Waals surface area contributed by atoms with E-state index in [0.29, 0.717) is 18.1 Å². The minimum absolute atomic E-state index is 0.257. The van der Waals surface area contributed by atoms with Crippen LogP contribution in [0.15, 0.2) is 28.8 Å². The zero-order valence-corrected chi connectivity index (χ0v) is 9.36. The van der Waals surface area contributed by atoms with Gasteiger partial charge in [0, 0.05) is 0 Å². The molecule has 0 radical (unpaired) electrons. The molecule has 2 rings (SSSR count). The van der Waals surface area contributed by atoms with Crippen LogP contribution in [0, 0.1) is 6.92 Å². The van der Waals surface area contributed by atoms with Gasteiger partial charge in [-0.2, -0.15) is 4.98 Å². The van der Waals surface area contributed by atoms with E-state index in [1.165, 1.54) is 24.3 Å². The summed E-state index contributed by atoms with van der Waals surface area (Å²) in [7, 11) is 0. The Kier molecular flexibility index (Phi) is 3.22. The first-order chi connectivity index (χ1) is 8.42. The molecule has 0 N–H and O–H groups in total. The van der Waals surface area contributed by atoms with Crippen molar-refractivity contribution in [2.75, 3.05) is 0 Å². The van der Waals surface area contributed by atoms with Gasteiger partial charge in [-0.1, -0.05) is 17.3 Å². The molecule has 1 heterocycles. The van der Waals surface area contributed by atoms with Gasteiger partial charge in [0.15, 0.2) is 5.82 Å². The highest BCUT2D eigenvalue weighted by atomic mass is 19.4. The number of aromatic nitrogens is 2. The van der Waals surface area contributed by atoms with Crippen LogP contribution >= 0.6 is 0 Å². The highest BCUT2D eigenvalue weighted by molar-refractivity contribution is 5.28. The topological polar surface area (TPSA) is 48.2 Å².